The SMILES string of the molecule is CCC(C)c1nnc(CCl)n1C(C)C. The topological polar surface area (TPSA) is 30.7 Å². The van der Waals surface area contributed by atoms with Crippen LogP contribution in [-0.4, -0.2) is 14.8 Å². The smallest absolute Gasteiger partial charge is 0.148 e. The molecule has 0 spiro atoms. The van der Waals surface area contributed by atoms with E-state index >= 15 is 0 Å². The average molecular weight is 216 g/mol. The van der Waals surface area contributed by atoms with Gasteiger partial charge in [0, 0.05) is 12.0 Å². The first-order valence-electron chi connectivity index (χ1n) is 5.11. The van der Waals surface area contributed by atoms with E-state index < -0.39 is 0 Å². The Labute approximate surface area is 90.5 Å². The maximum Gasteiger partial charge on any atom is 0.148 e. The summed E-state index contributed by atoms with van der Waals surface area (Å²) in [5.41, 5.74) is 0. The van der Waals surface area contributed by atoms with Gasteiger partial charge in [0.25, 0.3) is 0 Å². The van der Waals surface area contributed by atoms with Crippen LogP contribution in [0.25, 0.3) is 0 Å². The van der Waals surface area contributed by atoms with Crippen LogP contribution in [0.15, 0.2) is 0 Å². The highest BCUT2D eigenvalue weighted by Gasteiger charge is 2.17. The summed E-state index contributed by atoms with van der Waals surface area (Å²) in [6.07, 6.45) is 1.08. The predicted octanol–water partition coefficient (Wildman–Crippen LogP) is 3.11. The van der Waals surface area contributed by atoms with Crippen molar-refractivity contribution in [3.63, 3.8) is 0 Å². The van der Waals surface area contributed by atoms with Crippen LogP contribution in [0, 0.1) is 0 Å². The van der Waals surface area contributed by atoms with Crippen molar-refractivity contribution in [1.29, 1.82) is 0 Å². The fourth-order valence-electron chi connectivity index (χ4n) is 1.51. The number of rotatable bonds is 4. The number of hydrogen-bond acceptors (Lipinski definition) is 2. The van der Waals surface area contributed by atoms with Crippen LogP contribution in [0.5, 0.6) is 0 Å². The van der Waals surface area contributed by atoms with E-state index in [2.05, 4.69) is 42.5 Å². The van der Waals surface area contributed by atoms with Gasteiger partial charge in [0.15, 0.2) is 0 Å². The molecule has 1 rings (SSSR count). The molecule has 0 aliphatic rings. The Morgan fingerprint density at radius 2 is 1.93 bits per heavy atom. The molecule has 1 heterocycles. The molecule has 0 fully saturated rings. The number of nitrogens with zero attached hydrogens (tertiary/aromatic N) is 3. The summed E-state index contributed by atoms with van der Waals surface area (Å²) >= 11 is 5.81. The van der Waals surface area contributed by atoms with Gasteiger partial charge in [-0.05, 0) is 20.3 Å². The highest BCUT2D eigenvalue weighted by molar-refractivity contribution is 6.16. The molecule has 80 valence electrons. The first-order chi connectivity index (χ1) is 6.61. The van der Waals surface area contributed by atoms with Gasteiger partial charge < -0.3 is 4.57 Å². The lowest BCUT2D eigenvalue weighted by Crippen LogP contribution is -2.11. The van der Waals surface area contributed by atoms with E-state index in [0.29, 0.717) is 17.8 Å². The molecule has 0 bridgehead atoms. The van der Waals surface area contributed by atoms with E-state index in [1.807, 2.05) is 0 Å². The summed E-state index contributed by atoms with van der Waals surface area (Å²) in [4.78, 5) is 0. The van der Waals surface area contributed by atoms with Gasteiger partial charge >= 0.3 is 0 Å². The van der Waals surface area contributed by atoms with Crippen molar-refractivity contribution in [3.8, 4) is 0 Å². The van der Waals surface area contributed by atoms with Gasteiger partial charge in [0.2, 0.25) is 0 Å². The van der Waals surface area contributed by atoms with Crippen LogP contribution in [-0.2, 0) is 5.88 Å². The van der Waals surface area contributed by atoms with Gasteiger partial charge in [-0.15, -0.1) is 21.8 Å². The average Bonchev–Trinajstić information content (AvgIpc) is 2.59. The molecule has 4 heteroatoms. The molecule has 0 saturated carbocycles. The second-order valence-corrected chi connectivity index (χ2v) is 4.15. The molecule has 0 amide bonds. The zero-order valence-electron chi connectivity index (χ0n) is 9.29. The van der Waals surface area contributed by atoms with Gasteiger partial charge in [-0.25, -0.2) is 0 Å². The summed E-state index contributed by atoms with van der Waals surface area (Å²) in [7, 11) is 0. The van der Waals surface area contributed by atoms with E-state index in [1.165, 1.54) is 0 Å². The largest absolute Gasteiger partial charge is 0.311 e. The minimum atomic E-state index is 0.378. The lowest BCUT2D eigenvalue weighted by Gasteiger charge is -2.16. The molecular formula is C10H18ClN3. The highest BCUT2D eigenvalue weighted by Crippen LogP contribution is 2.22. The maximum atomic E-state index is 5.81. The van der Waals surface area contributed by atoms with Crippen molar-refractivity contribution in [2.24, 2.45) is 0 Å². The number of halogens is 1. The molecule has 1 aromatic heterocycles. The first kappa shape index (κ1) is 11.5. The normalized spacial score (nSPS) is 13.6. The zero-order valence-corrected chi connectivity index (χ0v) is 10.0. The van der Waals surface area contributed by atoms with Crippen molar-refractivity contribution in [2.75, 3.05) is 0 Å². The highest BCUT2D eigenvalue weighted by atomic mass is 35.5. The maximum absolute atomic E-state index is 5.81. The van der Waals surface area contributed by atoms with Gasteiger partial charge in [-0.1, -0.05) is 13.8 Å². The summed E-state index contributed by atoms with van der Waals surface area (Å²) < 4.78 is 2.14. The van der Waals surface area contributed by atoms with E-state index in [1.54, 1.807) is 0 Å². The standard InChI is InChI=1S/C10H18ClN3/c1-5-8(4)10-13-12-9(6-11)14(10)7(2)3/h7-8H,5-6H2,1-4H3. The third-order valence-electron chi connectivity index (χ3n) is 2.48. The predicted molar refractivity (Wildman–Crippen MR) is 58.7 cm³/mol. The van der Waals surface area contributed by atoms with E-state index in [9.17, 15) is 0 Å². The van der Waals surface area contributed by atoms with E-state index in [0.717, 1.165) is 18.1 Å². The minimum absolute atomic E-state index is 0.378. The molecule has 1 aromatic rings. The fourth-order valence-corrected chi connectivity index (χ4v) is 1.69. The molecule has 0 aliphatic carbocycles. The fraction of sp³-hybridized carbons (Fsp3) is 0.800. The Morgan fingerprint density at radius 3 is 2.36 bits per heavy atom. The second-order valence-electron chi connectivity index (χ2n) is 3.88. The van der Waals surface area contributed by atoms with Gasteiger partial charge in [0.05, 0.1) is 5.88 Å². The lowest BCUT2D eigenvalue weighted by molar-refractivity contribution is 0.521. The van der Waals surface area contributed by atoms with Crippen molar-refractivity contribution < 1.29 is 0 Å². The molecule has 0 N–H and O–H groups in total. The molecular weight excluding hydrogens is 198 g/mol. The molecule has 0 aliphatic heterocycles. The third kappa shape index (κ3) is 2.08. The van der Waals surface area contributed by atoms with Crippen LogP contribution in [0.2, 0.25) is 0 Å². The van der Waals surface area contributed by atoms with Crippen molar-refractivity contribution in [1.82, 2.24) is 14.8 Å². The first-order valence-corrected chi connectivity index (χ1v) is 5.64. The van der Waals surface area contributed by atoms with Gasteiger partial charge in [-0.2, -0.15) is 0 Å². The molecule has 0 radical (unpaired) electrons. The second kappa shape index (κ2) is 4.78. The molecule has 0 aromatic carbocycles. The van der Waals surface area contributed by atoms with Gasteiger partial charge in [-0.3, -0.25) is 0 Å². The summed E-state index contributed by atoms with van der Waals surface area (Å²) in [5.74, 6) is 2.80. The Morgan fingerprint density at radius 1 is 1.29 bits per heavy atom. The lowest BCUT2D eigenvalue weighted by atomic mass is 10.1. The number of alkyl halides is 1. The van der Waals surface area contributed by atoms with E-state index in [-0.39, 0.29) is 0 Å². The number of hydrogen-bond donors (Lipinski definition) is 0. The minimum Gasteiger partial charge on any atom is -0.311 e. The molecule has 0 saturated heterocycles. The van der Waals surface area contributed by atoms with Crippen LogP contribution in [0.3, 0.4) is 0 Å². The summed E-state index contributed by atoms with van der Waals surface area (Å²) in [6.45, 7) is 8.59. The molecule has 3 nitrogen and oxygen atoms in total. The van der Waals surface area contributed by atoms with Crippen molar-refractivity contribution in [3.05, 3.63) is 11.6 Å². The third-order valence-corrected chi connectivity index (χ3v) is 2.72. The quantitative estimate of drug-likeness (QED) is 0.723. The summed E-state index contributed by atoms with van der Waals surface area (Å²) in [5, 5.41) is 8.31. The molecule has 1 atom stereocenters. The Balaban J connectivity index is 3.10. The Hall–Kier alpha value is -0.570. The molecule has 1 unspecified atom stereocenters. The van der Waals surface area contributed by atoms with Crippen molar-refractivity contribution in [2.45, 2.75) is 52.0 Å². The summed E-state index contributed by atoms with van der Waals surface area (Å²) in [6, 6.07) is 0.378. The zero-order chi connectivity index (χ0) is 10.7. The Bertz CT molecular complexity index is 294. The van der Waals surface area contributed by atoms with Crippen LogP contribution >= 0.6 is 11.6 Å². The number of aromatic nitrogens is 3. The van der Waals surface area contributed by atoms with Crippen molar-refractivity contribution >= 4 is 11.6 Å². The van der Waals surface area contributed by atoms with Crippen LogP contribution in [0.1, 0.15) is 57.7 Å². The molecule has 14 heavy (non-hydrogen) atoms. The monoisotopic (exact) mass is 215 g/mol. The Kier molecular flexibility index (Phi) is 3.93. The van der Waals surface area contributed by atoms with E-state index in [4.69, 9.17) is 11.6 Å². The van der Waals surface area contributed by atoms with Crippen LogP contribution < -0.4 is 0 Å². The van der Waals surface area contributed by atoms with Crippen LogP contribution in [0.4, 0.5) is 0 Å². The van der Waals surface area contributed by atoms with Gasteiger partial charge in [0.1, 0.15) is 11.6 Å².